The van der Waals surface area contributed by atoms with Gasteiger partial charge in [-0.15, -0.1) is 0 Å². The molecule has 4 aliphatic carbocycles. The Labute approximate surface area is 205 Å². The molecule has 1 N–H and O–H groups in total. The normalized spacial score (nSPS) is 41.0. The number of hydrogen-bond donors (Lipinski definition) is 1. The molecule has 2 fully saturated rings. The number of aliphatic carboxylic acids is 1. The standard InChI is InChI=1S/C24H32O6.Na/c1-22-8-4-15(25)12-14(22)13-16(21(28)30-3)20-17(22)5-9-23(2)18(20)6-10-24(23,29)11-7-19(26)27;/h5,12,16,18,20,29H,4,6-11,13H2,1-3H3,(H,26,27);/q;+1/p-1/t16-,18+,20-,22+,23+,24-;/m1./s1. The molecule has 0 heterocycles. The number of rotatable bonds is 4. The van der Waals surface area contributed by atoms with Crippen LogP contribution in [0.2, 0.25) is 0 Å². The zero-order chi connectivity index (χ0) is 21.9. The molecule has 164 valence electrons. The van der Waals surface area contributed by atoms with Gasteiger partial charge >= 0.3 is 35.5 Å². The van der Waals surface area contributed by atoms with Crippen LogP contribution in [0.25, 0.3) is 0 Å². The number of carboxylic acid groups (broad SMARTS) is 1. The fourth-order valence-corrected chi connectivity index (χ4v) is 7.06. The number of hydrogen-bond acceptors (Lipinski definition) is 6. The predicted molar refractivity (Wildman–Crippen MR) is 107 cm³/mol. The van der Waals surface area contributed by atoms with Gasteiger partial charge in [-0.3, -0.25) is 9.59 Å². The maximum absolute atomic E-state index is 12.8. The molecule has 0 saturated heterocycles. The average molecular weight is 438 g/mol. The number of aliphatic hydroxyl groups is 1. The fourth-order valence-electron chi connectivity index (χ4n) is 7.06. The van der Waals surface area contributed by atoms with Crippen molar-refractivity contribution in [2.75, 3.05) is 7.11 Å². The number of carbonyl (C=O) groups excluding carboxylic acids is 3. The number of esters is 1. The van der Waals surface area contributed by atoms with Crippen molar-refractivity contribution in [1.29, 1.82) is 0 Å². The van der Waals surface area contributed by atoms with E-state index < -0.39 is 17.0 Å². The van der Waals surface area contributed by atoms with Crippen molar-refractivity contribution >= 4 is 17.7 Å². The summed E-state index contributed by atoms with van der Waals surface area (Å²) in [6, 6.07) is 0. The molecule has 6 nitrogen and oxygen atoms in total. The summed E-state index contributed by atoms with van der Waals surface area (Å²) in [6.45, 7) is 4.22. The molecule has 6 atom stereocenters. The van der Waals surface area contributed by atoms with Gasteiger partial charge in [-0.1, -0.05) is 31.1 Å². The molecule has 4 rings (SSSR count). The summed E-state index contributed by atoms with van der Waals surface area (Å²) < 4.78 is 5.16. The third-order valence-electron chi connectivity index (χ3n) is 8.96. The van der Waals surface area contributed by atoms with Gasteiger partial charge in [0.1, 0.15) is 0 Å². The Kier molecular flexibility index (Phi) is 6.72. The first kappa shape index (κ1) is 24.7. The van der Waals surface area contributed by atoms with Crippen molar-refractivity contribution in [1.82, 2.24) is 0 Å². The maximum Gasteiger partial charge on any atom is 1.00 e. The monoisotopic (exact) mass is 438 g/mol. The molecule has 4 aliphatic rings. The van der Waals surface area contributed by atoms with Crippen molar-refractivity contribution in [2.24, 2.45) is 28.6 Å². The van der Waals surface area contributed by atoms with Gasteiger partial charge in [0.2, 0.25) is 0 Å². The smallest absolute Gasteiger partial charge is 0.550 e. The number of fused-ring (bicyclic) bond motifs is 5. The third kappa shape index (κ3) is 3.68. The van der Waals surface area contributed by atoms with Crippen molar-refractivity contribution in [3.8, 4) is 0 Å². The minimum Gasteiger partial charge on any atom is -0.550 e. The predicted octanol–water partition coefficient (Wildman–Crippen LogP) is -0.897. The van der Waals surface area contributed by atoms with Crippen molar-refractivity contribution in [2.45, 2.75) is 70.8 Å². The van der Waals surface area contributed by atoms with E-state index in [2.05, 4.69) is 13.0 Å². The maximum atomic E-state index is 12.8. The zero-order valence-electron chi connectivity index (χ0n) is 19.0. The van der Waals surface area contributed by atoms with Crippen LogP contribution in [0.5, 0.6) is 0 Å². The van der Waals surface area contributed by atoms with Gasteiger partial charge < -0.3 is 19.7 Å². The molecule has 0 amide bonds. The number of methoxy groups -OCH3 is 1. The van der Waals surface area contributed by atoms with Gasteiger partial charge in [-0.05, 0) is 62.9 Å². The first-order chi connectivity index (χ1) is 14.1. The zero-order valence-corrected chi connectivity index (χ0v) is 21.0. The molecule has 0 aromatic carbocycles. The molecule has 0 bridgehead atoms. The molecule has 0 spiro atoms. The first-order valence-corrected chi connectivity index (χ1v) is 11.0. The van der Waals surface area contributed by atoms with Crippen LogP contribution >= 0.6 is 0 Å². The molecule has 0 unspecified atom stereocenters. The van der Waals surface area contributed by atoms with Crippen LogP contribution in [0.3, 0.4) is 0 Å². The quantitative estimate of drug-likeness (QED) is 0.347. The molecule has 7 heteroatoms. The van der Waals surface area contributed by atoms with E-state index in [1.165, 1.54) is 12.7 Å². The molecule has 31 heavy (non-hydrogen) atoms. The van der Waals surface area contributed by atoms with Crippen LogP contribution in [-0.4, -0.2) is 35.5 Å². The van der Waals surface area contributed by atoms with Crippen molar-refractivity contribution < 1.29 is 58.9 Å². The van der Waals surface area contributed by atoms with Gasteiger partial charge in [0.25, 0.3) is 0 Å². The average Bonchev–Trinajstić information content (AvgIpc) is 2.97. The van der Waals surface area contributed by atoms with Crippen LogP contribution < -0.4 is 34.7 Å². The summed E-state index contributed by atoms with van der Waals surface area (Å²) >= 11 is 0. The van der Waals surface area contributed by atoms with E-state index in [9.17, 15) is 24.6 Å². The summed E-state index contributed by atoms with van der Waals surface area (Å²) in [6.07, 6.45) is 7.54. The summed E-state index contributed by atoms with van der Waals surface area (Å²) in [5.41, 5.74) is 0.376. The number of ketones is 1. The van der Waals surface area contributed by atoms with E-state index in [0.29, 0.717) is 25.7 Å². The second-order valence-electron chi connectivity index (χ2n) is 10.2. The fraction of sp³-hybridized carbons (Fsp3) is 0.708. The second-order valence-corrected chi connectivity index (χ2v) is 10.2. The first-order valence-electron chi connectivity index (χ1n) is 11.0. The Bertz CT molecular complexity index is 862. The second kappa shape index (κ2) is 8.44. The van der Waals surface area contributed by atoms with E-state index in [-0.39, 0.29) is 77.3 Å². The molecule has 0 aliphatic heterocycles. The van der Waals surface area contributed by atoms with Gasteiger partial charge in [-0.2, -0.15) is 0 Å². The van der Waals surface area contributed by atoms with Crippen LogP contribution in [0.1, 0.15) is 65.2 Å². The van der Waals surface area contributed by atoms with E-state index in [1.54, 1.807) is 6.08 Å². The molecule has 0 aromatic rings. The molecular weight excluding hydrogens is 407 g/mol. The van der Waals surface area contributed by atoms with Crippen LogP contribution in [0.4, 0.5) is 0 Å². The van der Waals surface area contributed by atoms with Crippen LogP contribution in [-0.2, 0) is 19.1 Å². The Balaban J connectivity index is 0.00000272. The van der Waals surface area contributed by atoms with E-state index >= 15 is 0 Å². The summed E-state index contributed by atoms with van der Waals surface area (Å²) in [7, 11) is 1.40. The SMILES string of the molecule is COC(=O)[C@@H]1CC2=CC(=O)CC[C@]2(C)C2=CC[C@@]3(C)[C@@H](CC[C@@]3(O)CCC(=O)[O-])[C@@H]21.[Na+]. The van der Waals surface area contributed by atoms with Gasteiger partial charge in [0.05, 0.1) is 18.6 Å². The molecule has 2 saturated carbocycles. The summed E-state index contributed by atoms with van der Waals surface area (Å²) in [5, 5.41) is 22.6. The summed E-state index contributed by atoms with van der Waals surface area (Å²) in [5.74, 6) is -1.71. The van der Waals surface area contributed by atoms with Crippen molar-refractivity contribution in [3.05, 3.63) is 23.3 Å². The number of carboxylic acids is 1. The third-order valence-corrected chi connectivity index (χ3v) is 8.96. The topological polar surface area (TPSA) is 104 Å². The minimum atomic E-state index is -1.15. The molecule has 0 aromatic heterocycles. The number of ether oxygens (including phenoxy) is 1. The van der Waals surface area contributed by atoms with Crippen molar-refractivity contribution in [3.63, 3.8) is 0 Å². The Morgan fingerprint density at radius 2 is 2.00 bits per heavy atom. The van der Waals surface area contributed by atoms with E-state index in [4.69, 9.17) is 4.74 Å². The summed E-state index contributed by atoms with van der Waals surface area (Å²) in [4.78, 5) is 36.0. The van der Waals surface area contributed by atoms with Gasteiger partial charge in [-0.25, -0.2) is 0 Å². The molecule has 0 radical (unpaired) electrons. The van der Waals surface area contributed by atoms with Gasteiger partial charge in [0, 0.05) is 23.2 Å². The Morgan fingerprint density at radius 3 is 2.65 bits per heavy atom. The van der Waals surface area contributed by atoms with Crippen LogP contribution in [0, 0.1) is 28.6 Å². The van der Waals surface area contributed by atoms with Gasteiger partial charge in [0.15, 0.2) is 5.78 Å². The van der Waals surface area contributed by atoms with Crippen LogP contribution in [0.15, 0.2) is 23.3 Å². The Morgan fingerprint density at radius 1 is 1.29 bits per heavy atom. The number of allylic oxidation sites excluding steroid dienone is 4. The molecular formula is C24H31NaO6. The van der Waals surface area contributed by atoms with E-state index in [0.717, 1.165) is 18.4 Å². The number of carbonyl (C=O) groups is 3. The largest absolute Gasteiger partial charge is 1.00 e. The minimum absolute atomic E-state index is 0. The van der Waals surface area contributed by atoms with E-state index in [1.807, 2.05) is 6.92 Å². The Hall–Kier alpha value is -0.950.